The van der Waals surface area contributed by atoms with Crippen molar-refractivity contribution in [1.82, 2.24) is 5.32 Å². The van der Waals surface area contributed by atoms with Crippen molar-refractivity contribution in [3.05, 3.63) is 36.1 Å². The maximum atomic E-state index is 12.2. The van der Waals surface area contributed by atoms with Crippen molar-refractivity contribution in [1.29, 1.82) is 0 Å². The number of fused-ring (bicyclic) bond motifs is 1. The number of para-hydroxylation sites is 1. The minimum Gasteiger partial charge on any atom is -0.463 e. The van der Waals surface area contributed by atoms with Crippen LogP contribution in [0.15, 0.2) is 34.9 Å². The van der Waals surface area contributed by atoms with Gasteiger partial charge in [-0.2, -0.15) is 0 Å². The highest BCUT2D eigenvalue weighted by atomic mass is 16.3. The first-order chi connectivity index (χ1) is 9.25. The highest BCUT2D eigenvalue weighted by Gasteiger charge is 2.24. The Hall–Kier alpha value is -1.81. The van der Waals surface area contributed by atoms with Crippen molar-refractivity contribution in [2.45, 2.75) is 25.3 Å². The third kappa shape index (κ3) is 2.36. The number of rotatable bonds is 3. The Labute approximate surface area is 112 Å². The van der Waals surface area contributed by atoms with E-state index in [1.807, 2.05) is 24.3 Å². The zero-order chi connectivity index (χ0) is 13.2. The second-order valence-electron chi connectivity index (χ2n) is 5.21. The van der Waals surface area contributed by atoms with E-state index >= 15 is 0 Å². The van der Waals surface area contributed by atoms with Gasteiger partial charge in [-0.3, -0.25) is 4.79 Å². The molecule has 0 bridgehead atoms. The van der Waals surface area contributed by atoms with E-state index in [-0.39, 0.29) is 11.9 Å². The van der Waals surface area contributed by atoms with Crippen LogP contribution >= 0.6 is 0 Å². The molecule has 2 aromatic rings. The first kappa shape index (κ1) is 12.2. The number of benzene rings is 1. The summed E-state index contributed by atoms with van der Waals surface area (Å²) in [6.07, 6.45) is 4.85. The van der Waals surface area contributed by atoms with Crippen LogP contribution in [-0.4, -0.2) is 18.5 Å². The molecule has 1 aliphatic rings. The zero-order valence-electron chi connectivity index (χ0n) is 10.8. The lowest BCUT2D eigenvalue weighted by molar-refractivity contribution is 0.0947. The molecule has 100 valence electrons. The van der Waals surface area contributed by atoms with E-state index in [1.165, 1.54) is 6.26 Å². The number of carbonyl (C=O) groups excluding carboxylic acids is 1. The first-order valence-corrected chi connectivity index (χ1v) is 6.75. The molecule has 1 aromatic carbocycles. The molecule has 1 fully saturated rings. The fourth-order valence-electron chi connectivity index (χ4n) is 2.79. The maximum absolute atomic E-state index is 12.2. The van der Waals surface area contributed by atoms with Crippen LogP contribution in [0.5, 0.6) is 0 Å². The Morgan fingerprint density at radius 1 is 1.37 bits per heavy atom. The molecular weight excluding hydrogens is 240 g/mol. The topological polar surface area (TPSA) is 68.3 Å². The Kier molecular flexibility index (Phi) is 3.25. The van der Waals surface area contributed by atoms with E-state index in [4.69, 9.17) is 10.2 Å². The Balaban J connectivity index is 1.70. The van der Waals surface area contributed by atoms with Gasteiger partial charge in [0.2, 0.25) is 0 Å². The lowest BCUT2D eigenvalue weighted by Crippen LogP contribution is -2.35. The van der Waals surface area contributed by atoms with E-state index in [2.05, 4.69) is 5.32 Å². The molecule has 2 atom stereocenters. The molecule has 4 nitrogen and oxygen atoms in total. The number of nitrogens with one attached hydrogen (secondary N) is 1. The van der Waals surface area contributed by atoms with Gasteiger partial charge in [0.15, 0.2) is 0 Å². The van der Waals surface area contributed by atoms with E-state index in [9.17, 15) is 4.79 Å². The third-order valence-electron chi connectivity index (χ3n) is 3.97. The van der Waals surface area contributed by atoms with Gasteiger partial charge < -0.3 is 15.5 Å². The Morgan fingerprint density at radius 2 is 2.21 bits per heavy atom. The van der Waals surface area contributed by atoms with E-state index < -0.39 is 0 Å². The van der Waals surface area contributed by atoms with Crippen molar-refractivity contribution in [3.8, 4) is 0 Å². The number of hydrogen-bond donors (Lipinski definition) is 2. The molecular formula is C15H18N2O2. The molecule has 0 radical (unpaired) electrons. The van der Waals surface area contributed by atoms with Crippen LogP contribution in [0, 0.1) is 5.92 Å². The molecule has 1 amide bonds. The van der Waals surface area contributed by atoms with Crippen molar-refractivity contribution < 1.29 is 9.21 Å². The Bertz CT molecular complexity index is 591. The van der Waals surface area contributed by atoms with Crippen LogP contribution in [0.4, 0.5) is 0 Å². The summed E-state index contributed by atoms with van der Waals surface area (Å²) >= 11 is 0. The number of carbonyl (C=O) groups is 1. The maximum Gasteiger partial charge on any atom is 0.255 e. The molecule has 1 aromatic heterocycles. The highest BCUT2D eigenvalue weighted by molar-refractivity contribution is 6.05. The van der Waals surface area contributed by atoms with Gasteiger partial charge in [-0.15, -0.1) is 0 Å². The summed E-state index contributed by atoms with van der Waals surface area (Å²) < 4.78 is 5.38. The average molecular weight is 258 g/mol. The Morgan fingerprint density at radius 3 is 3.00 bits per heavy atom. The summed E-state index contributed by atoms with van der Waals surface area (Å²) in [4.78, 5) is 12.2. The monoisotopic (exact) mass is 258 g/mol. The predicted octanol–water partition coefficient (Wildman–Crippen LogP) is 2.29. The smallest absolute Gasteiger partial charge is 0.255 e. The average Bonchev–Trinajstić information content (AvgIpc) is 3.02. The molecule has 1 heterocycles. The number of amides is 1. The molecule has 4 heteroatoms. The molecule has 19 heavy (non-hydrogen) atoms. The van der Waals surface area contributed by atoms with E-state index in [1.54, 1.807) is 0 Å². The van der Waals surface area contributed by atoms with Crippen molar-refractivity contribution in [3.63, 3.8) is 0 Å². The van der Waals surface area contributed by atoms with Gasteiger partial charge in [0.1, 0.15) is 11.8 Å². The molecule has 2 unspecified atom stereocenters. The first-order valence-electron chi connectivity index (χ1n) is 6.75. The normalized spacial score (nSPS) is 22.8. The third-order valence-corrected chi connectivity index (χ3v) is 3.97. The fourth-order valence-corrected chi connectivity index (χ4v) is 2.79. The number of hydrogen-bond acceptors (Lipinski definition) is 3. The standard InChI is InChI=1S/C15H18N2O2/c16-13-6-3-4-10(13)8-17-15(18)12-9-19-14-7-2-1-5-11(12)14/h1-2,5,7,9-10,13H,3-4,6,8,16H2,(H,17,18). The second-order valence-corrected chi connectivity index (χ2v) is 5.21. The van der Waals surface area contributed by atoms with Gasteiger partial charge in [-0.05, 0) is 24.8 Å². The van der Waals surface area contributed by atoms with Crippen molar-refractivity contribution in [2.24, 2.45) is 11.7 Å². The highest BCUT2D eigenvalue weighted by Crippen LogP contribution is 2.24. The predicted molar refractivity (Wildman–Crippen MR) is 73.9 cm³/mol. The second kappa shape index (κ2) is 5.05. The van der Waals surface area contributed by atoms with Gasteiger partial charge in [0, 0.05) is 18.0 Å². The van der Waals surface area contributed by atoms with Crippen LogP contribution in [-0.2, 0) is 0 Å². The van der Waals surface area contributed by atoms with Gasteiger partial charge in [-0.25, -0.2) is 0 Å². The number of furan rings is 1. The van der Waals surface area contributed by atoms with Crippen LogP contribution < -0.4 is 11.1 Å². The minimum absolute atomic E-state index is 0.0796. The van der Waals surface area contributed by atoms with Crippen LogP contribution in [0.3, 0.4) is 0 Å². The van der Waals surface area contributed by atoms with Gasteiger partial charge >= 0.3 is 0 Å². The summed E-state index contributed by atoms with van der Waals surface area (Å²) in [5.74, 6) is 0.325. The number of nitrogens with two attached hydrogens (primary N) is 1. The van der Waals surface area contributed by atoms with Gasteiger partial charge in [-0.1, -0.05) is 24.6 Å². The molecule has 0 spiro atoms. The molecule has 0 saturated heterocycles. The van der Waals surface area contributed by atoms with Gasteiger partial charge in [0.05, 0.1) is 5.56 Å². The summed E-state index contributed by atoms with van der Waals surface area (Å²) in [7, 11) is 0. The summed E-state index contributed by atoms with van der Waals surface area (Å²) in [6.45, 7) is 0.652. The van der Waals surface area contributed by atoms with Gasteiger partial charge in [0.25, 0.3) is 5.91 Å². The molecule has 0 aliphatic heterocycles. The van der Waals surface area contributed by atoms with Crippen molar-refractivity contribution >= 4 is 16.9 Å². The molecule has 3 N–H and O–H groups in total. The molecule has 1 aliphatic carbocycles. The fraction of sp³-hybridized carbons (Fsp3) is 0.400. The summed E-state index contributed by atoms with van der Waals surface area (Å²) in [5, 5.41) is 3.83. The largest absolute Gasteiger partial charge is 0.463 e. The van der Waals surface area contributed by atoms with E-state index in [0.29, 0.717) is 18.0 Å². The molecule has 3 rings (SSSR count). The van der Waals surface area contributed by atoms with Crippen LogP contribution in [0.25, 0.3) is 11.0 Å². The lowest BCUT2D eigenvalue weighted by atomic mass is 10.0. The minimum atomic E-state index is -0.0796. The SMILES string of the molecule is NC1CCCC1CNC(=O)c1coc2ccccc12. The lowest BCUT2D eigenvalue weighted by Gasteiger charge is -2.15. The van der Waals surface area contributed by atoms with Crippen LogP contribution in [0.2, 0.25) is 0 Å². The summed E-state index contributed by atoms with van der Waals surface area (Å²) in [5.41, 5.74) is 7.34. The molecule has 1 saturated carbocycles. The zero-order valence-corrected chi connectivity index (χ0v) is 10.8. The van der Waals surface area contributed by atoms with Crippen molar-refractivity contribution in [2.75, 3.05) is 6.54 Å². The van der Waals surface area contributed by atoms with Crippen LogP contribution in [0.1, 0.15) is 29.6 Å². The quantitative estimate of drug-likeness (QED) is 0.887. The van der Waals surface area contributed by atoms with E-state index in [0.717, 1.165) is 30.2 Å². The summed E-state index contributed by atoms with van der Waals surface area (Å²) in [6, 6.07) is 7.78.